The van der Waals surface area contributed by atoms with Gasteiger partial charge in [0.15, 0.2) is 0 Å². The highest BCUT2D eigenvalue weighted by Crippen LogP contribution is 2.21. The number of nitrogens with zero attached hydrogens (tertiary/aromatic N) is 6. The predicted molar refractivity (Wildman–Crippen MR) is 96.6 cm³/mol. The van der Waals surface area contributed by atoms with Crippen LogP contribution in [-0.4, -0.2) is 65.4 Å². The molecule has 0 aliphatic heterocycles. The zero-order valence-corrected chi connectivity index (χ0v) is 15.7. The molecule has 0 radical (unpaired) electrons. The summed E-state index contributed by atoms with van der Waals surface area (Å²) in [4.78, 5) is 22.2. The van der Waals surface area contributed by atoms with Gasteiger partial charge in [-0.25, -0.2) is 9.59 Å². The molecule has 0 fully saturated rings. The Morgan fingerprint density at radius 1 is 0.931 bits per heavy atom. The van der Waals surface area contributed by atoms with E-state index >= 15 is 0 Å². The fourth-order valence-corrected chi connectivity index (χ4v) is 2.36. The molecule has 0 saturated heterocycles. The first-order valence-electron chi connectivity index (χ1n) is 8.51. The maximum absolute atomic E-state index is 11.1. The second-order valence-electron chi connectivity index (χ2n) is 6.25. The summed E-state index contributed by atoms with van der Waals surface area (Å²) in [5, 5.41) is 35.4. The monoisotopic (exact) mass is 406 g/mol. The highest BCUT2D eigenvalue weighted by atomic mass is 16.5. The van der Waals surface area contributed by atoms with Gasteiger partial charge in [-0.15, -0.1) is 10.2 Å². The number of esters is 2. The predicted octanol–water partition coefficient (Wildman–Crippen LogP) is -1.00. The molecule has 2 heterocycles. The lowest BCUT2D eigenvalue weighted by Crippen LogP contribution is -2.39. The van der Waals surface area contributed by atoms with Gasteiger partial charge in [0.25, 0.3) is 0 Å². The van der Waals surface area contributed by atoms with Crippen LogP contribution in [0.2, 0.25) is 0 Å². The second-order valence-corrected chi connectivity index (χ2v) is 6.25. The first-order chi connectivity index (χ1) is 13.9. The van der Waals surface area contributed by atoms with E-state index in [2.05, 4.69) is 33.8 Å². The maximum atomic E-state index is 11.1. The van der Waals surface area contributed by atoms with E-state index in [-0.39, 0.29) is 39.5 Å². The smallest absolute Gasteiger partial charge is 0.330 e. The van der Waals surface area contributed by atoms with Crippen LogP contribution >= 0.6 is 0 Å². The molecular weight excluding hydrogens is 384 g/mol. The molecule has 156 valence electrons. The lowest BCUT2D eigenvalue weighted by Gasteiger charge is -2.28. The molecule has 0 aromatic carbocycles. The minimum absolute atomic E-state index is 0.0774. The van der Waals surface area contributed by atoms with Crippen molar-refractivity contribution in [2.75, 3.05) is 13.2 Å². The zero-order valence-electron chi connectivity index (χ0n) is 15.7. The normalized spacial score (nSPS) is 11.1. The maximum Gasteiger partial charge on any atom is 0.330 e. The fraction of sp³-hybridized carbons (Fsp3) is 0.412. The van der Waals surface area contributed by atoms with E-state index in [4.69, 9.17) is 9.47 Å². The van der Waals surface area contributed by atoms with Crippen molar-refractivity contribution in [1.82, 2.24) is 30.0 Å². The third-order valence-electron chi connectivity index (χ3n) is 3.90. The minimum Gasteiger partial charge on any atom is -0.456 e. The van der Waals surface area contributed by atoms with Crippen LogP contribution in [0.4, 0.5) is 0 Å². The Morgan fingerprint density at radius 2 is 1.34 bits per heavy atom. The van der Waals surface area contributed by atoms with Crippen molar-refractivity contribution < 1.29 is 29.3 Å². The van der Waals surface area contributed by atoms with E-state index in [1.807, 2.05) is 0 Å². The minimum atomic E-state index is -1.02. The Kier molecular flexibility index (Phi) is 7.74. The molecule has 0 bridgehead atoms. The number of hydrogen-bond acceptors (Lipinski definition) is 10. The van der Waals surface area contributed by atoms with Crippen molar-refractivity contribution >= 4 is 11.9 Å². The number of aliphatic hydroxyl groups excluding tert-OH is 2. The van der Waals surface area contributed by atoms with Gasteiger partial charge in [0.1, 0.15) is 24.6 Å². The molecule has 2 aromatic heterocycles. The summed E-state index contributed by atoms with van der Waals surface area (Å²) in [7, 11) is 0. The van der Waals surface area contributed by atoms with Crippen LogP contribution in [0.15, 0.2) is 37.7 Å². The van der Waals surface area contributed by atoms with Crippen molar-refractivity contribution in [2.45, 2.75) is 26.3 Å². The van der Waals surface area contributed by atoms with E-state index in [0.29, 0.717) is 11.4 Å². The van der Waals surface area contributed by atoms with Crippen LogP contribution in [0, 0.1) is 5.41 Å². The standard InChI is InChI=1S/C17H22N6O6/c1-3-15(26)28-7-13-5-22(20-18-13)9-17(11-24,12-25)10-23-6-14(19-21-23)8-29-16(27)4-2/h3-6,24-25H,1-2,7-12H2. The fourth-order valence-electron chi connectivity index (χ4n) is 2.36. The molecule has 29 heavy (non-hydrogen) atoms. The van der Waals surface area contributed by atoms with E-state index in [1.54, 1.807) is 0 Å². The second kappa shape index (κ2) is 10.2. The van der Waals surface area contributed by atoms with E-state index in [9.17, 15) is 19.8 Å². The highest BCUT2D eigenvalue weighted by molar-refractivity contribution is 5.81. The number of aliphatic hydroxyl groups is 2. The molecule has 0 aliphatic carbocycles. The Labute approximate surface area is 166 Å². The van der Waals surface area contributed by atoms with Crippen molar-refractivity contribution in [1.29, 1.82) is 0 Å². The molecular formula is C17H22N6O6. The van der Waals surface area contributed by atoms with E-state index in [0.717, 1.165) is 12.2 Å². The van der Waals surface area contributed by atoms with Crippen molar-refractivity contribution in [2.24, 2.45) is 5.41 Å². The summed E-state index contributed by atoms with van der Waals surface area (Å²) in [6.45, 7) is 5.94. The van der Waals surface area contributed by atoms with Crippen molar-refractivity contribution in [3.05, 3.63) is 49.1 Å². The van der Waals surface area contributed by atoms with Crippen LogP contribution in [0.25, 0.3) is 0 Å². The van der Waals surface area contributed by atoms with Gasteiger partial charge in [0, 0.05) is 12.2 Å². The Balaban J connectivity index is 2.02. The summed E-state index contributed by atoms with van der Waals surface area (Å²) in [6.07, 6.45) is 5.16. The highest BCUT2D eigenvalue weighted by Gasteiger charge is 2.31. The molecule has 2 rings (SSSR count). The lowest BCUT2D eigenvalue weighted by molar-refractivity contribution is -0.140. The van der Waals surface area contributed by atoms with Crippen molar-refractivity contribution in [3.8, 4) is 0 Å². The van der Waals surface area contributed by atoms with Gasteiger partial charge in [0.05, 0.1) is 44.1 Å². The SMILES string of the molecule is C=CC(=O)OCc1cn(CC(CO)(CO)Cn2cc(COC(=O)C=C)nn2)nn1. The quantitative estimate of drug-likeness (QED) is 0.331. The van der Waals surface area contributed by atoms with Gasteiger partial charge in [-0.1, -0.05) is 23.6 Å². The molecule has 0 amide bonds. The van der Waals surface area contributed by atoms with Crippen molar-refractivity contribution in [3.63, 3.8) is 0 Å². The molecule has 2 aromatic rings. The van der Waals surface area contributed by atoms with E-state index < -0.39 is 17.4 Å². The summed E-state index contributed by atoms with van der Waals surface area (Å²) < 4.78 is 12.6. The van der Waals surface area contributed by atoms with Gasteiger partial charge >= 0.3 is 11.9 Å². The molecule has 12 heteroatoms. The molecule has 0 spiro atoms. The largest absolute Gasteiger partial charge is 0.456 e. The molecule has 2 N–H and O–H groups in total. The number of rotatable bonds is 12. The number of aromatic nitrogens is 6. The average molecular weight is 406 g/mol. The Hall–Kier alpha value is -3.38. The number of ether oxygens (including phenoxy) is 2. The molecule has 0 saturated carbocycles. The lowest BCUT2D eigenvalue weighted by atomic mass is 9.90. The van der Waals surface area contributed by atoms with Gasteiger partial charge in [0.2, 0.25) is 0 Å². The van der Waals surface area contributed by atoms with Crippen LogP contribution in [0.5, 0.6) is 0 Å². The van der Waals surface area contributed by atoms with Crippen LogP contribution in [0.1, 0.15) is 11.4 Å². The number of carbonyl (C=O) groups is 2. The topological polar surface area (TPSA) is 154 Å². The molecule has 12 nitrogen and oxygen atoms in total. The third-order valence-corrected chi connectivity index (χ3v) is 3.90. The third kappa shape index (κ3) is 6.33. The summed E-state index contributed by atoms with van der Waals surface area (Å²) in [5.41, 5.74) is -0.222. The zero-order chi connectivity index (χ0) is 21.3. The van der Waals surface area contributed by atoms with Gasteiger partial charge in [-0.3, -0.25) is 9.36 Å². The number of hydrogen-bond donors (Lipinski definition) is 2. The summed E-state index contributed by atoms with van der Waals surface area (Å²) in [6, 6.07) is 0. The number of carbonyl (C=O) groups excluding carboxylic acids is 2. The first-order valence-corrected chi connectivity index (χ1v) is 8.51. The molecule has 0 aliphatic rings. The van der Waals surface area contributed by atoms with Crippen LogP contribution in [-0.2, 0) is 45.4 Å². The van der Waals surface area contributed by atoms with E-state index in [1.165, 1.54) is 21.8 Å². The summed E-state index contributed by atoms with van der Waals surface area (Å²) in [5.74, 6) is -1.17. The Bertz CT molecular complexity index is 790. The van der Waals surface area contributed by atoms with Gasteiger partial charge in [-0.05, 0) is 0 Å². The van der Waals surface area contributed by atoms with Gasteiger partial charge in [-0.2, -0.15) is 0 Å². The van der Waals surface area contributed by atoms with Crippen LogP contribution in [0.3, 0.4) is 0 Å². The molecule has 0 unspecified atom stereocenters. The molecule has 0 atom stereocenters. The first kappa shape index (κ1) is 21.9. The van der Waals surface area contributed by atoms with Gasteiger partial charge < -0.3 is 19.7 Å². The average Bonchev–Trinajstić information content (AvgIpc) is 3.38. The van der Waals surface area contributed by atoms with Crippen LogP contribution < -0.4 is 0 Å². The summed E-state index contributed by atoms with van der Waals surface area (Å²) >= 11 is 0. The Morgan fingerprint density at radius 3 is 1.69 bits per heavy atom.